The molecule has 0 bridgehead atoms. The van der Waals surface area contributed by atoms with Crippen LogP contribution < -0.4 is 16.0 Å². The Hall–Kier alpha value is -2.48. The van der Waals surface area contributed by atoms with Gasteiger partial charge in [0.15, 0.2) is 0 Å². The van der Waals surface area contributed by atoms with E-state index in [1.54, 1.807) is 28.0 Å². The molecule has 10 nitrogen and oxygen atoms in total. The van der Waals surface area contributed by atoms with E-state index < -0.39 is 16.2 Å². The van der Waals surface area contributed by atoms with E-state index >= 15 is 4.39 Å². The number of hydrogen-bond acceptors (Lipinski definition) is 7. The van der Waals surface area contributed by atoms with Gasteiger partial charge in [0.2, 0.25) is 11.8 Å². The molecule has 2 atom stereocenters. The predicted molar refractivity (Wildman–Crippen MR) is 177 cm³/mol. The third-order valence-corrected chi connectivity index (χ3v) is 8.33. The van der Waals surface area contributed by atoms with Crippen molar-refractivity contribution in [1.82, 2.24) is 15.1 Å². The van der Waals surface area contributed by atoms with Crippen LogP contribution in [0.1, 0.15) is 50.3 Å². The van der Waals surface area contributed by atoms with Crippen LogP contribution in [0.25, 0.3) is 0 Å². The summed E-state index contributed by atoms with van der Waals surface area (Å²) < 4.78 is 41.2. The zero-order valence-corrected chi connectivity index (χ0v) is 28.3. The number of likely N-dealkylation sites (tertiary alicyclic amines) is 1. The third-order valence-electron chi connectivity index (χ3n) is 7.74. The molecule has 0 radical (unpaired) electrons. The van der Waals surface area contributed by atoms with Gasteiger partial charge in [-0.3, -0.25) is 14.1 Å². The summed E-state index contributed by atoms with van der Waals surface area (Å²) in [5.41, 5.74) is 8.04. The first kappa shape index (κ1) is 37.0. The minimum absolute atomic E-state index is 0.0146. The molecule has 0 unspecified atom stereocenters. The summed E-state index contributed by atoms with van der Waals surface area (Å²) in [6.45, 7) is 7.85. The molecule has 250 valence electrons. The quantitative estimate of drug-likeness (QED) is 0.300. The van der Waals surface area contributed by atoms with Crippen LogP contribution in [0.4, 0.5) is 10.1 Å². The number of hydrogen-bond donors (Lipinski definition) is 3. The summed E-state index contributed by atoms with van der Waals surface area (Å²) >= 11 is 12.5. The molecule has 45 heavy (non-hydrogen) atoms. The van der Waals surface area contributed by atoms with Crippen molar-refractivity contribution in [2.75, 3.05) is 57.0 Å². The number of carbonyl (C=O) groups is 2. The molecule has 2 aliphatic heterocycles. The van der Waals surface area contributed by atoms with Gasteiger partial charge in [-0.05, 0) is 48.1 Å². The molecule has 2 aromatic rings. The minimum Gasteiger partial charge on any atom is -0.365 e. The van der Waals surface area contributed by atoms with Crippen LogP contribution in [0.2, 0.25) is 10.0 Å². The number of piperazine rings is 1. The van der Waals surface area contributed by atoms with Crippen LogP contribution in [0.5, 0.6) is 0 Å². The average Bonchev–Trinajstić information content (AvgIpc) is 3.39. The number of halogens is 3. The smallest absolute Gasteiger partial charge is 0.261 e. The van der Waals surface area contributed by atoms with Crippen molar-refractivity contribution in [3.05, 3.63) is 63.4 Å². The van der Waals surface area contributed by atoms with Crippen LogP contribution in [-0.4, -0.2) is 92.7 Å². The van der Waals surface area contributed by atoms with E-state index in [-0.39, 0.29) is 23.7 Å². The molecule has 2 saturated heterocycles. The normalized spacial score (nSPS) is 16.9. The number of benzene rings is 2. The average molecular weight is 689 g/mol. The number of amides is 2. The molecule has 2 amide bonds. The lowest BCUT2D eigenvalue weighted by Crippen LogP contribution is -2.56. The second-order valence-corrected chi connectivity index (χ2v) is 14.1. The van der Waals surface area contributed by atoms with Gasteiger partial charge in [0.25, 0.3) is 10.1 Å². The predicted octanol–water partition coefficient (Wildman–Crippen LogP) is 4.15. The van der Waals surface area contributed by atoms with Gasteiger partial charge in [-0.15, -0.1) is 0 Å². The van der Waals surface area contributed by atoms with Crippen molar-refractivity contribution < 1.29 is 27.0 Å². The maximum atomic E-state index is 15.4. The summed E-state index contributed by atoms with van der Waals surface area (Å²) in [7, 11) is -3.67. The number of rotatable bonds is 11. The Morgan fingerprint density at radius 1 is 1.11 bits per heavy atom. The van der Waals surface area contributed by atoms with Crippen LogP contribution in [0.15, 0.2) is 36.4 Å². The molecule has 2 heterocycles. The number of nitrogens with two attached hydrogens (primary N) is 1. The Bertz CT molecular complexity index is 1420. The van der Waals surface area contributed by atoms with E-state index in [1.165, 1.54) is 6.07 Å². The minimum atomic E-state index is -3.67. The van der Waals surface area contributed by atoms with Gasteiger partial charge in [-0.25, -0.2) is 4.39 Å². The zero-order chi connectivity index (χ0) is 33.3. The maximum Gasteiger partial charge on any atom is 0.261 e. The van der Waals surface area contributed by atoms with Crippen molar-refractivity contribution in [3.63, 3.8) is 0 Å². The molecule has 2 fully saturated rings. The molecule has 0 spiro atoms. The van der Waals surface area contributed by atoms with E-state index in [9.17, 15) is 18.0 Å². The Balaban J connectivity index is 0.00000102. The van der Waals surface area contributed by atoms with Crippen molar-refractivity contribution in [2.45, 2.75) is 51.6 Å². The topological polar surface area (TPSA) is 136 Å². The van der Waals surface area contributed by atoms with E-state index in [1.807, 2.05) is 17.0 Å². The van der Waals surface area contributed by atoms with Crippen LogP contribution in [-0.2, 0) is 26.1 Å². The van der Waals surface area contributed by atoms with Gasteiger partial charge in [0.1, 0.15) is 11.9 Å². The Morgan fingerprint density at radius 2 is 1.78 bits per heavy atom. The second-order valence-electron chi connectivity index (χ2n) is 11.8. The first-order valence-electron chi connectivity index (χ1n) is 15.1. The van der Waals surface area contributed by atoms with Crippen LogP contribution in [0.3, 0.4) is 0 Å². The number of carbonyl (C=O) groups excluding carboxylic acids is 2. The van der Waals surface area contributed by atoms with E-state index in [4.69, 9.17) is 33.5 Å². The van der Waals surface area contributed by atoms with Crippen molar-refractivity contribution in [3.8, 4) is 0 Å². The highest BCUT2D eigenvalue weighted by molar-refractivity contribution is 7.85. The molecule has 4 N–H and O–H groups in total. The summed E-state index contributed by atoms with van der Waals surface area (Å²) in [4.78, 5) is 32.1. The van der Waals surface area contributed by atoms with Gasteiger partial charge in [0, 0.05) is 74.7 Å². The fourth-order valence-electron chi connectivity index (χ4n) is 5.78. The third kappa shape index (κ3) is 11.1. The summed E-state index contributed by atoms with van der Waals surface area (Å²) in [5.74, 6) is 0.0370. The monoisotopic (exact) mass is 687 g/mol. The SMILES string of the molecule is CC(C)C[C@H](NCCN)c1cccc(F)c1N1CCN(C(=O)[C@@H](Cc2ccc(Cl)cc2Cl)N2CCCC2=O)CC1.CS(=O)(=O)O. The highest BCUT2D eigenvalue weighted by Gasteiger charge is 2.37. The molecule has 14 heteroatoms. The first-order valence-corrected chi connectivity index (χ1v) is 17.7. The molecule has 4 rings (SSSR count). The van der Waals surface area contributed by atoms with Gasteiger partial charge < -0.3 is 25.8 Å². The largest absolute Gasteiger partial charge is 0.365 e. The molecule has 2 aromatic carbocycles. The van der Waals surface area contributed by atoms with Crippen molar-refractivity contribution in [1.29, 1.82) is 0 Å². The van der Waals surface area contributed by atoms with Gasteiger partial charge in [-0.1, -0.05) is 55.2 Å². The molecule has 2 aliphatic rings. The standard InChI is InChI=1S/C30H40Cl2FN5O2.CH4O3S/c1-20(2)17-26(35-11-10-34)23-5-3-6-25(33)29(23)36-13-15-37(16-14-36)30(40)27(38-12-4-7-28(38)39)18-21-8-9-22(31)19-24(21)32;1-5(2,3)4/h3,5-6,8-9,19-20,26-27,35H,4,7,10-18,34H2,1-2H3;1H3,(H,2,3,4)/t26-,27+;/m0./s1. The van der Waals surface area contributed by atoms with Gasteiger partial charge >= 0.3 is 0 Å². The molecule has 0 aromatic heterocycles. The lowest BCUT2D eigenvalue weighted by atomic mass is 9.94. The van der Waals surface area contributed by atoms with Crippen LogP contribution in [0, 0.1) is 11.7 Å². The highest BCUT2D eigenvalue weighted by Crippen LogP contribution is 2.34. The summed E-state index contributed by atoms with van der Waals surface area (Å²) in [6.07, 6.45) is 3.07. The maximum absolute atomic E-state index is 15.4. The Kier molecular flexibility index (Phi) is 13.9. The van der Waals surface area contributed by atoms with E-state index in [0.29, 0.717) is 86.6 Å². The molecule has 0 aliphatic carbocycles. The molecule has 0 saturated carbocycles. The lowest BCUT2D eigenvalue weighted by Gasteiger charge is -2.40. The van der Waals surface area contributed by atoms with Crippen molar-refractivity contribution >= 4 is 50.8 Å². The van der Waals surface area contributed by atoms with Gasteiger partial charge in [0.05, 0.1) is 11.9 Å². The Morgan fingerprint density at radius 3 is 2.33 bits per heavy atom. The van der Waals surface area contributed by atoms with Crippen molar-refractivity contribution in [2.24, 2.45) is 11.7 Å². The first-order chi connectivity index (χ1) is 21.2. The zero-order valence-electron chi connectivity index (χ0n) is 26.0. The van der Waals surface area contributed by atoms with E-state index in [2.05, 4.69) is 19.2 Å². The van der Waals surface area contributed by atoms with Gasteiger partial charge in [-0.2, -0.15) is 8.42 Å². The number of para-hydroxylation sites is 1. The molecular formula is C31H44Cl2FN5O5S. The van der Waals surface area contributed by atoms with E-state index in [0.717, 1.165) is 24.0 Å². The highest BCUT2D eigenvalue weighted by atomic mass is 35.5. The summed E-state index contributed by atoms with van der Waals surface area (Å²) in [5, 5.41) is 4.49. The summed E-state index contributed by atoms with van der Waals surface area (Å²) in [6, 6.07) is 9.79. The number of nitrogens with zero attached hydrogens (tertiary/aromatic N) is 3. The Labute approximate surface area is 275 Å². The lowest BCUT2D eigenvalue weighted by molar-refractivity contribution is -0.143. The fourth-order valence-corrected chi connectivity index (χ4v) is 6.27. The number of nitrogens with one attached hydrogen (secondary N) is 1. The second kappa shape index (κ2) is 16.9. The molecular weight excluding hydrogens is 644 g/mol. The van der Waals surface area contributed by atoms with Crippen LogP contribution >= 0.6 is 23.2 Å². The number of anilines is 1. The fraction of sp³-hybridized carbons (Fsp3) is 0.548.